The van der Waals surface area contributed by atoms with Gasteiger partial charge in [0.25, 0.3) is 0 Å². The van der Waals surface area contributed by atoms with Gasteiger partial charge in [-0.05, 0) is 18.9 Å². The van der Waals surface area contributed by atoms with Crippen LogP contribution in [0.4, 0.5) is 0 Å². The molecule has 0 N–H and O–H groups in total. The molecule has 0 amide bonds. The van der Waals surface area contributed by atoms with Crippen LogP contribution in [0.1, 0.15) is 52.4 Å². The monoisotopic (exact) mass is 155 g/mol. The highest BCUT2D eigenvalue weighted by atomic mass is 16.3. The summed E-state index contributed by atoms with van der Waals surface area (Å²) in [5.41, 5.74) is 0. The van der Waals surface area contributed by atoms with Crippen molar-refractivity contribution in [1.82, 2.24) is 0 Å². The van der Waals surface area contributed by atoms with Crippen molar-refractivity contribution in [3.63, 3.8) is 0 Å². The van der Waals surface area contributed by atoms with Crippen LogP contribution >= 0.6 is 0 Å². The summed E-state index contributed by atoms with van der Waals surface area (Å²) in [5, 5.41) is 10.8. The van der Waals surface area contributed by atoms with Crippen LogP contribution < -0.4 is 0 Å². The quantitative estimate of drug-likeness (QED) is 0.412. The number of allylic oxidation sites excluding steroid dienone is 2. The minimum absolute atomic E-state index is 0.293. The Morgan fingerprint density at radius 3 is 2.45 bits per heavy atom. The predicted molar refractivity (Wildman–Crippen MR) is 47.8 cm³/mol. The van der Waals surface area contributed by atoms with Crippen LogP contribution in [0.3, 0.4) is 0 Å². The third-order valence-corrected chi connectivity index (χ3v) is 1.78. The first-order chi connectivity index (χ1) is 5.31. The lowest BCUT2D eigenvalue weighted by Gasteiger charge is -1.94. The molecule has 65 valence electrons. The van der Waals surface area contributed by atoms with Gasteiger partial charge < -0.3 is 0 Å². The smallest absolute Gasteiger partial charge is 0.151 e. The van der Waals surface area contributed by atoms with Gasteiger partial charge in [-0.2, -0.15) is 0 Å². The molecular weight excluding hydrogens is 136 g/mol. The van der Waals surface area contributed by atoms with E-state index in [1.807, 2.05) is 13.0 Å². The zero-order valence-electron chi connectivity index (χ0n) is 7.73. The third-order valence-electron chi connectivity index (χ3n) is 1.78. The molecule has 0 fully saturated rings. The zero-order chi connectivity index (χ0) is 8.53. The normalized spacial score (nSPS) is 12.0. The minimum atomic E-state index is 0.293. The second-order valence-corrected chi connectivity index (χ2v) is 2.87. The van der Waals surface area contributed by atoms with E-state index in [2.05, 4.69) is 6.92 Å². The molecule has 0 aromatic rings. The minimum Gasteiger partial charge on any atom is -0.295 e. The summed E-state index contributed by atoms with van der Waals surface area (Å²) in [4.78, 5) is 0. The summed E-state index contributed by atoms with van der Waals surface area (Å²) in [6.07, 6.45) is 8.48. The van der Waals surface area contributed by atoms with Crippen molar-refractivity contribution >= 4 is 0 Å². The Kier molecular flexibility index (Phi) is 7.33. The van der Waals surface area contributed by atoms with Crippen LogP contribution in [0.25, 0.3) is 0 Å². The number of hydrogen-bond donors (Lipinski definition) is 0. The van der Waals surface area contributed by atoms with Crippen molar-refractivity contribution < 1.29 is 5.11 Å². The summed E-state index contributed by atoms with van der Waals surface area (Å²) >= 11 is 0. The molecule has 0 rings (SSSR count). The van der Waals surface area contributed by atoms with E-state index < -0.39 is 0 Å². The van der Waals surface area contributed by atoms with Gasteiger partial charge in [0.1, 0.15) is 0 Å². The van der Waals surface area contributed by atoms with E-state index in [0.717, 1.165) is 6.42 Å². The Balaban J connectivity index is 3.12. The van der Waals surface area contributed by atoms with Crippen LogP contribution in [-0.4, -0.2) is 0 Å². The molecule has 0 unspecified atom stereocenters. The summed E-state index contributed by atoms with van der Waals surface area (Å²) in [5.74, 6) is 0.293. The van der Waals surface area contributed by atoms with Crippen molar-refractivity contribution in [3.8, 4) is 0 Å². The average molecular weight is 155 g/mol. The molecular formula is C10H19O. The van der Waals surface area contributed by atoms with Crippen LogP contribution in [0.5, 0.6) is 0 Å². The van der Waals surface area contributed by atoms with Crippen molar-refractivity contribution in [2.24, 2.45) is 0 Å². The zero-order valence-corrected chi connectivity index (χ0v) is 7.73. The Morgan fingerprint density at radius 1 is 1.18 bits per heavy atom. The lowest BCUT2D eigenvalue weighted by Crippen LogP contribution is -1.77. The molecule has 0 saturated carbocycles. The van der Waals surface area contributed by atoms with E-state index in [1.54, 1.807) is 0 Å². The number of unbranched alkanes of at least 4 members (excludes halogenated alkanes) is 4. The maximum absolute atomic E-state index is 10.8. The van der Waals surface area contributed by atoms with E-state index in [-0.39, 0.29) is 0 Å². The first-order valence-electron chi connectivity index (χ1n) is 4.67. The molecule has 0 aromatic heterocycles. The molecule has 1 heteroatoms. The van der Waals surface area contributed by atoms with E-state index in [0.29, 0.717) is 12.2 Å². The van der Waals surface area contributed by atoms with Crippen LogP contribution in [0.15, 0.2) is 11.8 Å². The molecule has 11 heavy (non-hydrogen) atoms. The topological polar surface area (TPSA) is 19.9 Å². The fourth-order valence-corrected chi connectivity index (χ4v) is 0.979. The Bertz CT molecular complexity index is 105. The lowest BCUT2D eigenvalue weighted by molar-refractivity contribution is 0.283. The lowest BCUT2D eigenvalue weighted by atomic mass is 10.1. The summed E-state index contributed by atoms with van der Waals surface area (Å²) in [6, 6.07) is 0. The van der Waals surface area contributed by atoms with Crippen LogP contribution in [0, 0.1) is 0 Å². The maximum Gasteiger partial charge on any atom is 0.151 e. The molecule has 0 heterocycles. The summed E-state index contributed by atoms with van der Waals surface area (Å²) < 4.78 is 0. The maximum atomic E-state index is 10.8. The first-order valence-corrected chi connectivity index (χ1v) is 4.67. The number of hydrogen-bond acceptors (Lipinski definition) is 0. The van der Waals surface area contributed by atoms with Gasteiger partial charge >= 0.3 is 0 Å². The van der Waals surface area contributed by atoms with Crippen LogP contribution in [-0.2, 0) is 5.11 Å². The molecule has 1 nitrogen and oxygen atoms in total. The van der Waals surface area contributed by atoms with Gasteiger partial charge in [-0.25, -0.2) is 0 Å². The highest BCUT2D eigenvalue weighted by Gasteiger charge is 1.90. The average Bonchev–Trinajstić information content (AvgIpc) is 2.04. The molecule has 0 atom stereocenters. The molecule has 0 aromatic carbocycles. The van der Waals surface area contributed by atoms with Crippen LogP contribution in [0.2, 0.25) is 0 Å². The summed E-state index contributed by atoms with van der Waals surface area (Å²) in [7, 11) is 0. The summed E-state index contributed by atoms with van der Waals surface area (Å²) in [6.45, 7) is 4.10. The fourth-order valence-electron chi connectivity index (χ4n) is 0.979. The Labute approximate surface area is 70.1 Å². The molecule has 0 aliphatic rings. The third kappa shape index (κ3) is 7.44. The molecule has 0 bridgehead atoms. The van der Waals surface area contributed by atoms with E-state index in [4.69, 9.17) is 0 Å². The van der Waals surface area contributed by atoms with Gasteiger partial charge in [-0.15, -0.1) is 0 Å². The molecule has 0 aliphatic heterocycles. The van der Waals surface area contributed by atoms with E-state index in [9.17, 15) is 5.11 Å². The van der Waals surface area contributed by atoms with Gasteiger partial charge in [0.15, 0.2) is 5.76 Å². The largest absolute Gasteiger partial charge is 0.295 e. The standard InChI is InChI=1S/C10H19O/c1-3-5-6-7-8-9-10(11)4-2/h9H,3-8H2,1-2H3. The molecule has 1 radical (unpaired) electrons. The second kappa shape index (κ2) is 7.64. The van der Waals surface area contributed by atoms with Crippen molar-refractivity contribution in [3.05, 3.63) is 11.8 Å². The number of rotatable bonds is 6. The second-order valence-electron chi connectivity index (χ2n) is 2.87. The van der Waals surface area contributed by atoms with Gasteiger partial charge in [0.05, 0.1) is 0 Å². The van der Waals surface area contributed by atoms with E-state index in [1.165, 1.54) is 25.7 Å². The van der Waals surface area contributed by atoms with E-state index >= 15 is 0 Å². The highest BCUT2D eigenvalue weighted by molar-refractivity contribution is 4.88. The SMILES string of the molecule is CCCCCCC=C([O])CC. The van der Waals surface area contributed by atoms with Crippen molar-refractivity contribution in [1.29, 1.82) is 0 Å². The molecule has 0 spiro atoms. The fraction of sp³-hybridized carbons (Fsp3) is 0.800. The first kappa shape index (κ1) is 10.5. The molecule has 0 saturated heterocycles. The predicted octanol–water partition coefficient (Wildman–Crippen LogP) is 3.68. The highest BCUT2D eigenvalue weighted by Crippen LogP contribution is 2.05. The Morgan fingerprint density at radius 2 is 1.91 bits per heavy atom. The van der Waals surface area contributed by atoms with Gasteiger partial charge in [0.2, 0.25) is 0 Å². The van der Waals surface area contributed by atoms with Gasteiger partial charge in [-0.1, -0.05) is 33.1 Å². The molecule has 0 aliphatic carbocycles. The van der Waals surface area contributed by atoms with Gasteiger partial charge in [0, 0.05) is 6.42 Å². The van der Waals surface area contributed by atoms with Crippen molar-refractivity contribution in [2.45, 2.75) is 52.4 Å². The van der Waals surface area contributed by atoms with Gasteiger partial charge in [-0.3, -0.25) is 5.11 Å². The van der Waals surface area contributed by atoms with Crippen molar-refractivity contribution in [2.75, 3.05) is 0 Å². The Hall–Kier alpha value is -0.460.